The van der Waals surface area contributed by atoms with Gasteiger partial charge in [0.25, 0.3) is 0 Å². The molecule has 108 valence electrons. The lowest BCUT2D eigenvalue weighted by atomic mass is 9.93. The van der Waals surface area contributed by atoms with Crippen LogP contribution in [0.5, 0.6) is 0 Å². The third kappa shape index (κ3) is 2.73. The van der Waals surface area contributed by atoms with Crippen molar-refractivity contribution in [1.82, 2.24) is 9.55 Å². The van der Waals surface area contributed by atoms with Crippen LogP contribution in [0.15, 0.2) is 55.1 Å². The Morgan fingerprint density at radius 3 is 3.00 bits per heavy atom. The van der Waals surface area contributed by atoms with Crippen molar-refractivity contribution in [3.05, 3.63) is 60.7 Å². The number of hydrogen-bond acceptors (Lipinski definition) is 2. The molecule has 0 amide bonds. The van der Waals surface area contributed by atoms with E-state index in [1.54, 1.807) is 0 Å². The van der Waals surface area contributed by atoms with Gasteiger partial charge in [0.05, 0.1) is 6.33 Å². The van der Waals surface area contributed by atoms with Crippen molar-refractivity contribution in [2.45, 2.75) is 19.4 Å². The number of nitrogens with zero attached hydrogens (tertiary/aromatic N) is 2. The van der Waals surface area contributed by atoms with E-state index in [0.717, 1.165) is 30.8 Å². The van der Waals surface area contributed by atoms with Crippen molar-refractivity contribution in [2.75, 3.05) is 11.9 Å². The zero-order valence-corrected chi connectivity index (χ0v) is 12.2. The van der Waals surface area contributed by atoms with Crippen molar-refractivity contribution in [2.24, 2.45) is 17.8 Å². The quantitative estimate of drug-likeness (QED) is 0.848. The number of allylic oxidation sites excluding steroid dienone is 2. The van der Waals surface area contributed by atoms with Crippen LogP contribution in [-0.4, -0.2) is 16.1 Å². The summed E-state index contributed by atoms with van der Waals surface area (Å²) in [4.78, 5) is 4.09. The average Bonchev–Trinajstić information content (AvgIpc) is 3.23. The molecule has 1 aromatic carbocycles. The number of benzene rings is 1. The molecule has 2 bridgehead atoms. The number of nitrogens with one attached hydrogen (secondary N) is 1. The molecule has 2 aromatic rings. The summed E-state index contributed by atoms with van der Waals surface area (Å²) in [5.74, 6) is 2.49. The van der Waals surface area contributed by atoms with Crippen LogP contribution >= 0.6 is 0 Å². The highest BCUT2D eigenvalue weighted by atomic mass is 15.0. The molecule has 1 aromatic heterocycles. The molecule has 4 rings (SSSR count). The van der Waals surface area contributed by atoms with Crippen LogP contribution in [0.3, 0.4) is 0 Å². The van der Waals surface area contributed by atoms with E-state index in [2.05, 4.69) is 51.3 Å². The number of rotatable bonds is 5. The van der Waals surface area contributed by atoms with Gasteiger partial charge in [-0.2, -0.15) is 0 Å². The summed E-state index contributed by atoms with van der Waals surface area (Å²) < 4.78 is 2.10. The number of imidazole rings is 1. The third-order valence-electron chi connectivity index (χ3n) is 4.84. The van der Waals surface area contributed by atoms with Crippen molar-refractivity contribution in [1.29, 1.82) is 0 Å². The summed E-state index contributed by atoms with van der Waals surface area (Å²) in [6.45, 7) is 1.98. The van der Waals surface area contributed by atoms with Crippen LogP contribution in [0.25, 0.3) is 0 Å². The molecule has 0 saturated heterocycles. The minimum Gasteiger partial charge on any atom is -0.385 e. The fraction of sp³-hybridized carbons (Fsp3) is 0.389. The summed E-state index contributed by atoms with van der Waals surface area (Å²) in [6.07, 6.45) is 13.3. The molecule has 3 nitrogen and oxygen atoms in total. The highest BCUT2D eigenvalue weighted by molar-refractivity contribution is 5.46. The van der Waals surface area contributed by atoms with Gasteiger partial charge in [-0.05, 0) is 48.3 Å². The molecule has 3 heteroatoms. The molecule has 2 aliphatic rings. The van der Waals surface area contributed by atoms with Crippen molar-refractivity contribution < 1.29 is 0 Å². The number of aromatic nitrogens is 2. The monoisotopic (exact) mass is 279 g/mol. The highest BCUT2D eigenvalue weighted by Gasteiger charge is 2.35. The summed E-state index contributed by atoms with van der Waals surface area (Å²) in [6, 6.07) is 8.73. The first-order valence-corrected chi connectivity index (χ1v) is 7.84. The zero-order valence-electron chi connectivity index (χ0n) is 12.2. The lowest BCUT2D eigenvalue weighted by molar-refractivity contribution is 0.472. The van der Waals surface area contributed by atoms with E-state index in [1.165, 1.54) is 24.1 Å². The normalized spacial score (nSPS) is 26.4. The largest absolute Gasteiger partial charge is 0.385 e. The van der Waals surface area contributed by atoms with E-state index in [-0.39, 0.29) is 0 Å². The molecule has 3 unspecified atom stereocenters. The van der Waals surface area contributed by atoms with Crippen molar-refractivity contribution in [3.63, 3.8) is 0 Å². The van der Waals surface area contributed by atoms with Crippen LogP contribution in [0, 0.1) is 17.8 Å². The average molecular weight is 279 g/mol. The predicted molar refractivity (Wildman–Crippen MR) is 85.1 cm³/mol. The Labute approximate surface area is 125 Å². The molecule has 0 aliphatic heterocycles. The van der Waals surface area contributed by atoms with Crippen molar-refractivity contribution in [3.8, 4) is 0 Å². The molecule has 1 fully saturated rings. The SMILES string of the molecule is C1=CC2CC1CC2CNc1cccc(Cn2ccnc2)c1. The molecule has 3 atom stereocenters. The smallest absolute Gasteiger partial charge is 0.0949 e. The van der Waals surface area contributed by atoms with Crippen LogP contribution in [-0.2, 0) is 6.54 Å². The summed E-state index contributed by atoms with van der Waals surface area (Å²) in [5, 5.41) is 3.63. The van der Waals surface area contributed by atoms with Gasteiger partial charge >= 0.3 is 0 Å². The lowest BCUT2D eigenvalue weighted by Gasteiger charge is -2.19. The minimum atomic E-state index is 0.816. The second-order valence-corrected chi connectivity index (χ2v) is 6.36. The van der Waals surface area contributed by atoms with E-state index < -0.39 is 0 Å². The Hall–Kier alpha value is -2.03. The Morgan fingerprint density at radius 1 is 1.24 bits per heavy atom. The number of hydrogen-bond donors (Lipinski definition) is 1. The maximum Gasteiger partial charge on any atom is 0.0949 e. The fourth-order valence-electron chi connectivity index (χ4n) is 3.75. The van der Waals surface area contributed by atoms with E-state index in [0.29, 0.717) is 0 Å². The van der Waals surface area contributed by atoms with Crippen LogP contribution in [0.2, 0.25) is 0 Å². The van der Waals surface area contributed by atoms with Gasteiger partial charge < -0.3 is 9.88 Å². The maximum absolute atomic E-state index is 4.09. The summed E-state index contributed by atoms with van der Waals surface area (Å²) in [5.41, 5.74) is 2.55. The Kier molecular flexibility index (Phi) is 3.26. The topological polar surface area (TPSA) is 29.9 Å². The Balaban J connectivity index is 1.38. The fourth-order valence-corrected chi connectivity index (χ4v) is 3.75. The van der Waals surface area contributed by atoms with Crippen molar-refractivity contribution >= 4 is 5.69 Å². The molecule has 1 N–H and O–H groups in total. The highest BCUT2D eigenvalue weighted by Crippen LogP contribution is 2.43. The molecule has 1 heterocycles. The van der Waals surface area contributed by atoms with Gasteiger partial charge in [-0.3, -0.25) is 0 Å². The van der Waals surface area contributed by atoms with E-state index >= 15 is 0 Å². The minimum absolute atomic E-state index is 0.816. The van der Waals surface area contributed by atoms with Crippen LogP contribution in [0.1, 0.15) is 18.4 Å². The van der Waals surface area contributed by atoms with Gasteiger partial charge in [-0.25, -0.2) is 4.98 Å². The first-order chi connectivity index (χ1) is 10.4. The molecular weight excluding hydrogens is 258 g/mol. The molecule has 2 aliphatic carbocycles. The second-order valence-electron chi connectivity index (χ2n) is 6.36. The molecule has 0 spiro atoms. The van der Waals surface area contributed by atoms with Gasteiger partial charge in [-0.15, -0.1) is 0 Å². The van der Waals surface area contributed by atoms with Gasteiger partial charge in [0, 0.05) is 31.2 Å². The van der Waals surface area contributed by atoms with Crippen LogP contribution in [0.4, 0.5) is 5.69 Å². The predicted octanol–water partition coefficient (Wildman–Crippen LogP) is 3.56. The first kappa shape index (κ1) is 12.7. The summed E-state index contributed by atoms with van der Waals surface area (Å²) in [7, 11) is 0. The number of anilines is 1. The molecule has 0 radical (unpaired) electrons. The zero-order chi connectivity index (χ0) is 14.1. The van der Waals surface area contributed by atoms with E-state index in [4.69, 9.17) is 0 Å². The molecule has 1 saturated carbocycles. The molecule has 21 heavy (non-hydrogen) atoms. The first-order valence-electron chi connectivity index (χ1n) is 7.84. The van der Waals surface area contributed by atoms with E-state index in [1.807, 2.05) is 18.7 Å². The maximum atomic E-state index is 4.09. The van der Waals surface area contributed by atoms with Crippen LogP contribution < -0.4 is 5.32 Å². The van der Waals surface area contributed by atoms with Gasteiger partial charge in [0.1, 0.15) is 0 Å². The van der Waals surface area contributed by atoms with Gasteiger partial charge in [0.2, 0.25) is 0 Å². The second kappa shape index (κ2) is 5.40. The Morgan fingerprint density at radius 2 is 2.24 bits per heavy atom. The Bertz CT molecular complexity index is 630. The number of fused-ring (bicyclic) bond motifs is 2. The van der Waals surface area contributed by atoms with E-state index in [9.17, 15) is 0 Å². The lowest BCUT2D eigenvalue weighted by Crippen LogP contribution is -2.18. The van der Waals surface area contributed by atoms with Gasteiger partial charge in [-0.1, -0.05) is 24.3 Å². The standard InChI is InChI=1S/C18H21N3/c1-2-15(12-21-7-6-19-13-21)10-18(3-1)20-11-17-9-14-4-5-16(17)8-14/h1-7,10,13-14,16-17,20H,8-9,11-12H2. The van der Waals surface area contributed by atoms with Gasteiger partial charge in [0.15, 0.2) is 0 Å². The molecular formula is C18H21N3. The summed E-state index contributed by atoms with van der Waals surface area (Å²) >= 11 is 0. The third-order valence-corrected chi connectivity index (χ3v) is 4.84.